The van der Waals surface area contributed by atoms with E-state index < -0.39 is 6.29 Å². The van der Waals surface area contributed by atoms with Gasteiger partial charge >= 0.3 is 0 Å². The zero-order chi connectivity index (χ0) is 6.85. The van der Waals surface area contributed by atoms with E-state index in [1.807, 2.05) is 0 Å². The van der Waals surface area contributed by atoms with Gasteiger partial charge in [0.25, 0.3) is 0 Å². The average Bonchev–Trinajstić information content (AvgIpc) is 2.14. The van der Waals surface area contributed by atoms with Crippen LogP contribution in [-0.4, -0.2) is 27.7 Å². The summed E-state index contributed by atoms with van der Waals surface area (Å²) in [7, 11) is 0. The fourth-order valence-electron chi connectivity index (χ4n) is 1.26. The predicted molar refractivity (Wildman–Crippen MR) is 31.6 cm³/mol. The number of hydrogen-bond donors (Lipinski definition) is 3. The molecule has 9 heavy (non-hydrogen) atoms. The van der Waals surface area contributed by atoms with Crippen LogP contribution in [0.25, 0.3) is 0 Å². The molecule has 0 amide bonds. The van der Waals surface area contributed by atoms with Gasteiger partial charge in [-0.25, -0.2) is 0 Å². The Bertz CT molecular complexity index is 92.3. The van der Waals surface area contributed by atoms with Crippen molar-refractivity contribution in [3.05, 3.63) is 0 Å². The van der Waals surface area contributed by atoms with E-state index in [1.54, 1.807) is 0 Å². The fourth-order valence-corrected chi connectivity index (χ4v) is 1.26. The molecule has 1 aliphatic rings. The van der Waals surface area contributed by atoms with Crippen molar-refractivity contribution in [1.82, 2.24) is 0 Å². The predicted octanol–water partition coefficient (Wildman–Crippen LogP) is -0.542. The molecule has 0 aromatic rings. The first-order valence-electron chi connectivity index (χ1n) is 3.24. The van der Waals surface area contributed by atoms with Gasteiger partial charge in [-0.1, -0.05) is 0 Å². The third-order valence-electron chi connectivity index (χ3n) is 1.87. The highest BCUT2D eigenvalue weighted by molar-refractivity contribution is 4.75. The third kappa shape index (κ3) is 1.64. The summed E-state index contributed by atoms with van der Waals surface area (Å²) >= 11 is 0. The van der Waals surface area contributed by atoms with E-state index in [0.717, 1.165) is 6.42 Å². The Morgan fingerprint density at radius 2 is 1.89 bits per heavy atom. The monoisotopic (exact) mass is 132 g/mol. The van der Waals surface area contributed by atoms with Crippen molar-refractivity contribution in [1.29, 1.82) is 0 Å². The largest absolute Gasteiger partial charge is 0.393 e. The number of rotatable bonds is 1. The van der Waals surface area contributed by atoms with E-state index in [0.29, 0.717) is 12.8 Å². The Morgan fingerprint density at radius 3 is 2.11 bits per heavy atom. The Labute approximate surface area is 53.9 Å². The highest BCUT2D eigenvalue weighted by Crippen LogP contribution is 2.26. The summed E-state index contributed by atoms with van der Waals surface area (Å²) < 4.78 is 0. The van der Waals surface area contributed by atoms with Crippen molar-refractivity contribution in [3.8, 4) is 0 Å². The standard InChI is InChI=1S/C6H12O3/c7-5-2-1-4(3-5)6(8)9/h4-9H,1-3H2. The van der Waals surface area contributed by atoms with Gasteiger partial charge in [0, 0.05) is 5.92 Å². The average molecular weight is 132 g/mol. The van der Waals surface area contributed by atoms with Gasteiger partial charge in [-0.2, -0.15) is 0 Å². The van der Waals surface area contributed by atoms with Gasteiger partial charge in [0.1, 0.15) is 0 Å². The molecule has 0 aliphatic heterocycles. The lowest BCUT2D eigenvalue weighted by atomic mass is 10.1. The summed E-state index contributed by atoms with van der Waals surface area (Å²) in [5, 5.41) is 26.2. The molecule has 0 aromatic carbocycles. The van der Waals surface area contributed by atoms with Crippen LogP contribution in [0.4, 0.5) is 0 Å². The molecule has 0 bridgehead atoms. The molecule has 1 aliphatic carbocycles. The summed E-state index contributed by atoms with van der Waals surface area (Å²) in [4.78, 5) is 0. The van der Waals surface area contributed by atoms with E-state index >= 15 is 0 Å². The van der Waals surface area contributed by atoms with Gasteiger partial charge in [0.15, 0.2) is 6.29 Å². The molecule has 0 saturated heterocycles. The van der Waals surface area contributed by atoms with Crippen molar-refractivity contribution >= 4 is 0 Å². The Hall–Kier alpha value is -0.120. The Kier molecular flexibility index (Phi) is 2.05. The highest BCUT2D eigenvalue weighted by atomic mass is 16.5. The molecule has 0 spiro atoms. The highest BCUT2D eigenvalue weighted by Gasteiger charge is 2.27. The minimum absolute atomic E-state index is 0.0972. The number of aliphatic hydroxyl groups is 3. The molecule has 54 valence electrons. The second-order valence-corrected chi connectivity index (χ2v) is 2.64. The lowest BCUT2D eigenvalue weighted by Gasteiger charge is -2.09. The van der Waals surface area contributed by atoms with Gasteiger partial charge in [0.05, 0.1) is 6.10 Å². The van der Waals surface area contributed by atoms with Crippen LogP contribution in [0.5, 0.6) is 0 Å². The normalized spacial score (nSPS) is 36.0. The first-order chi connectivity index (χ1) is 4.20. The molecule has 2 unspecified atom stereocenters. The molecule has 3 heteroatoms. The van der Waals surface area contributed by atoms with Crippen LogP contribution in [0.15, 0.2) is 0 Å². The molecule has 2 atom stereocenters. The smallest absolute Gasteiger partial charge is 0.154 e. The summed E-state index contributed by atoms with van der Waals surface area (Å²) in [6.07, 6.45) is 0.442. The molecule has 3 N–H and O–H groups in total. The van der Waals surface area contributed by atoms with Crippen molar-refractivity contribution in [3.63, 3.8) is 0 Å². The molecule has 0 radical (unpaired) electrons. The quantitative estimate of drug-likeness (QED) is 0.420. The van der Waals surface area contributed by atoms with E-state index in [9.17, 15) is 0 Å². The first kappa shape index (κ1) is 6.99. The van der Waals surface area contributed by atoms with Crippen molar-refractivity contribution in [2.75, 3.05) is 0 Å². The lowest BCUT2D eigenvalue weighted by molar-refractivity contribution is -0.0838. The molecule has 1 rings (SSSR count). The van der Waals surface area contributed by atoms with Crippen LogP contribution < -0.4 is 0 Å². The van der Waals surface area contributed by atoms with Crippen LogP contribution in [-0.2, 0) is 0 Å². The SMILES string of the molecule is OC1CCC(C(O)O)C1. The molecule has 1 saturated carbocycles. The maximum Gasteiger partial charge on any atom is 0.154 e. The first-order valence-corrected chi connectivity index (χ1v) is 3.24. The van der Waals surface area contributed by atoms with Gasteiger partial charge in [-0.3, -0.25) is 0 Å². The van der Waals surface area contributed by atoms with E-state index in [1.165, 1.54) is 0 Å². The summed E-state index contributed by atoms with van der Waals surface area (Å²) in [5.74, 6) is -0.0972. The fraction of sp³-hybridized carbons (Fsp3) is 1.00. The van der Waals surface area contributed by atoms with E-state index in [-0.39, 0.29) is 12.0 Å². The number of aliphatic hydroxyl groups excluding tert-OH is 2. The molecule has 0 heterocycles. The summed E-state index contributed by atoms with van der Waals surface area (Å²) in [5.41, 5.74) is 0. The minimum atomic E-state index is -1.23. The number of hydrogen-bond acceptors (Lipinski definition) is 3. The molecule has 0 aromatic heterocycles. The van der Waals surface area contributed by atoms with Crippen LogP contribution >= 0.6 is 0 Å². The van der Waals surface area contributed by atoms with Gasteiger partial charge in [0.2, 0.25) is 0 Å². The Morgan fingerprint density at radius 1 is 1.22 bits per heavy atom. The maximum atomic E-state index is 8.93. The summed E-state index contributed by atoms with van der Waals surface area (Å²) in [6.45, 7) is 0. The van der Waals surface area contributed by atoms with E-state index in [4.69, 9.17) is 15.3 Å². The van der Waals surface area contributed by atoms with E-state index in [2.05, 4.69) is 0 Å². The van der Waals surface area contributed by atoms with Gasteiger partial charge in [-0.05, 0) is 19.3 Å². The topological polar surface area (TPSA) is 60.7 Å². The van der Waals surface area contributed by atoms with Crippen molar-refractivity contribution in [2.45, 2.75) is 31.7 Å². The zero-order valence-electron chi connectivity index (χ0n) is 5.20. The Balaban J connectivity index is 2.30. The van der Waals surface area contributed by atoms with Crippen LogP contribution in [0.3, 0.4) is 0 Å². The minimum Gasteiger partial charge on any atom is -0.393 e. The maximum absolute atomic E-state index is 8.93. The molecule has 1 fully saturated rings. The second-order valence-electron chi connectivity index (χ2n) is 2.64. The summed E-state index contributed by atoms with van der Waals surface area (Å²) in [6, 6.07) is 0. The van der Waals surface area contributed by atoms with Crippen LogP contribution in [0, 0.1) is 5.92 Å². The van der Waals surface area contributed by atoms with Crippen LogP contribution in [0.2, 0.25) is 0 Å². The zero-order valence-corrected chi connectivity index (χ0v) is 5.20. The molecule has 3 nitrogen and oxygen atoms in total. The van der Waals surface area contributed by atoms with Crippen molar-refractivity contribution < 1.29 is 15.3 Å². The van der Waals surface area contributed by atoms with Gasteiger partial charge in [-0.15, -0.1) is 0 Å². The van der Waals surface area contributed by atoms with Crippen molar-refractivity contribution in [2.24, 2.45) is 5.92 Å². The molecular weight excluding hydrogens is 120 g/mol. The molecular formula is C6H12O3. The lowest BCUT2D eigenvalue weighted by Crippen LogP contribution is -2.17. The second kappa shape index (κ2) is 2.64. The van der Waals surface area contributed by atoms with Gasteiger partial charge < -0.3 is 15.3 Å². The van der Waals surface area contributed by atoms with Crippen LogP contribution in [0.1, 0.15) is 19.3 Å². The third-order valence-corrected chi connectivity index (χ3v) is 1.87.